The van der Waals surface area contributed by atoms with Crippen LogP contribution < -0.4 is 14.8 Å². The number of benzene rings is 1. The van der Waals surface area contributed by atoms with E-state index < -0.39 is 0 Å². The van der Waals surface area contributed by atoms with E-state index in [1.807, 2.05) is 32.0 Å². The Bertz CT molecular complexity index is 249. The zero-order chi connectivity index (χ0) is 9.68. The van der Waals surface area contributed by atoms with Crippen LogP contribution in [0, 0.1) is 0 Å². The van der Waals surface area contributed by atoms with Crippen molar-refractivity contribution >= 4 is 14.5 Å². The van der Waals surface area contributed by atoms with Crippen molar-refractivity contribution < 1.29 is 9.47 Å². The molecule has 0 saturated carbocycles. The molecule has 1 rings (SSSR count). The van der Waals surface area contributed by atoms with Gasteiger partial charge in [0.15, 0.2) is 0 Å². The van der Waals surface area contributed by atoms with E-state index in [4.69, 9.17) is 9.47 Å². The van der Waals surface area contributed by atoms with Gasteiger partial charge in [0.05, 0.1) is 13.2 Å². The molecule has 2 nitrogen and oxygen atoms in total. The van der Waals surface area contributed by atoms with Gasteiger partial charge in [0.2, 0.25) is 0 Å². The van der Waals surface area contributed by atoms with Crippen LogP contribution in [-0.2, 0) is 0 Å². The van der Waals surface area contributed by atoms with Gasteiger partial charge in [-0.3, -0.25) is 0 Å². The molecule has 72 valence electrons. The van der Waals surface area contributed by atoms with E-state index in [0.717, 1.165) is 16.8 Å². The normalized spacial score (nSPS) is 9.77. The van der Waals surface area contributed by atoms with Gasteiger partial charge in [-0.25, -0.2) is 0 Å². The molecular weight excluding hydrogens is 183 g/mol. The molecule has 0 aliphatic heterocycles. The highest BCUT2D eigenvalue weighted by molar-refractivity contribution is 7.27. The monoisotopic (exact) mass is 198 g/mol. The van der Waals surface area contributed by atoms with E-state index in [2.05, 4.69) is 9.24 Å². The number of rotatable bonds is 4. The van der Waals surface area contributed by atoms with Gasteiger partial charge in [-0.1, -0.05) is 0 Å². The number of hydrogen-bond acceptors (Lipinski definition) is 2. The van der Waals surface area contributed by atoms with Crippen LogP contribution in [0.25, 0.3) is 0 Å². The summed E-state index contributed by atoms with van der Waals surface area (Å²) in [6.45, 7) is 5.30. The highest BCUT2D eigenvalue weighted by Crippen LogP contribution is 2.19. The van der Waals surface area contributed by atoms with Crippen molar-refractivity contribution in [3.05, 3.63) is 18.2 Å². The Morgan fingerprint density at radius 1 is 1.00 bits per heavy atom. The van der Waals surface area contributed by atoms with E-state index in [1.165, 1.54) is 0 Å². The summed E-state index contributed by atoms with van der Waals surface area (Å²) >= 11 is 0. The summed E-state index contributed by atoms with van der Waals surface area (Å²) in [6, 6.07) is 5.84. The van der Waals surface area contributed by atoms with Crippen LogP contribution in [0.15, 0.2) is 18.2 Å². The highest BCUT2D eigenvalue weighted by atomic mass is 31.0. The molecule has 0 aliphatic rings. The quantitative estimate of drug-likeness (QED) is 0.689. The van der Waals surface area contributed by atoms with Gasteiger partial charge >= 0.3 is 0 Å². The molecule has 3 heteroatoms. The average molecular weight is 198 g/mol. The summed E-state index contributed by atoms with van der Waals surface area (Å²) in [7, 11) is 2.64. The van der Waals surface area contributed by atoms with E-state index in [-0.39, 0.29) is 0 Å². The maximum absolute atomic E-state index is 5.38. The molecule has 0 bridgehead atoms. The van der Waals surface area contributed by atoms with Gasteiger partial charge in [-0.05, 0) is 31.3 Å². The summed E-state index contributed by atoms with van der Waals surface area (Å²) in [5.74, 6) is 1.72. The van der Waals surface area contributed by atoms with E-state index in [1.54, 1.807) is 0 Å². The smallest absolute Gasteiger partial charge is 0.123 e. The molecule has 0 amide bonds. The van der Waals surface area contributed by atoms with Crippen LogP contribution in [0.5, 0.6) is 11.5 Å². The molecule has 0 saturated heterocycles. The minimum Gasteiger partial charge on any atom is -0.494 e. The molecule has 0 aliphatic carbocycles. The van der Waals surface area contributed by atoms with Crippen LogP contribution in [-0.4, -0.2) is 13.2 Å². The number of ether oxygens (including phenoxy) is 2. The fourth-order valence-electron chi connectivity index (χ4n) is 1.09. The maximum Gasteiger partial charge on any atom is 0.123 e. The summed E-state index contributed by atoms with van der Waals surface area (Å²) in [4.78, 5) is 0. The molecule has 0 fully saturated rings. The van der Waals surface area contributed by atoms with E-state index in [0.29, 0.717) is 13.2 Å². The topological polar surface area (TPSA) is 18.5 Å². The minimum atomic E-state index is 0.680. The van der Waals surface area contributed by atoms with Crippen molar-refractivity contribution in [3.8, 4) is 11.5 Å². The summed E-state index contributed by atoms with van der Waals surface area (Å²) < 4.78 is 10.8. The highest BCUT2D eigenvalue weighted by Gasteiger charge is 1.98. The zero-order valence-electron chi connectivity index (χ0n) is 8.04. The maximum atomic E-state index is 5.38. The van der Waals surface area contributed by atoms with Gasteiger partial charge in [-0.2, -0.15) is 0 Å². The standard InChI is InChI=1S/C10H15O2P/c1-3-11-8-5-9(12-4-2)7-10(13)6-8/h5-7H,3-4,13H2,1-2H3. The molecule has 0 heterocycles. The van der Waals surface area contributed by atoms with Crippen LogP contribution in [0.3, 0.4) is 0 Å². The molecule has 0 radical (unpaired) electrons. The first kappa shape index (κ1) is 10.3. The molecule has 0 N–H and O–H groups in total. The summed E-state index contributed by atoms with van der Waals surface area (Å²) in [5, 5.41) is 1.08. The molecule has 0 spiro atoms. The Morgan fingerprint density at radius 2 is 1.46 bits per heavy atom. The Morgan fingerprint density at radius 3 is 1.85 bits per heavy atom. The lowest BCUT2D eigenvalue weighted by Crippen LogP contribution is -2.00. The van der Waals surface area contributed by atoms with Crippen LogP contribution >= 0.6 is 9.24 Å². The van der Waals surface area contributed by atoms with Gasteiger partial charge in [0.1, 0.15) is 11.5 Å². The Labute approximate surface area is 81.4 Å². The predicted octanol–water partition coefficient (Wildman–Crippen LogP) is 1.98. The fourth-order valence-corrected chi connectivity index (χ4v) is 1.42. The van der Waals surface area contributed by atoms with E-state index >= 15 is 0 Å². The lowest BCUT2D eigenvalue weighted by molar-refractivity contribution is 0.323. The van der Waals surface area contributed by atoms with Crippen molar-refractivity contribution in [2.24, 2.45) is 0 Å². The third kappa shape index (κ3) is 3.23. The lowest BCUT2D eigenvalue weighted by Gasteiger charge is -2.08. The third-order valence-corrected chi connectivity index (χ3v) is 1.86. The third-order valence-electron chi connectivity index (χ3n) is 1.52. The van der Waals surface area contributed by atoms with Gasteiger partial charge in [-0.15, -0.1) is 9.24 Å². The Kier molecular flexibility index (Phi) is 4.04. The van der Waals surface area contributed by atoms with Gasteiger partial charge < -0.3 is 9.47 Å². The molecule has 13 heavy (non-hydrogen) atoms. The predicted molar refractivity (Wildman–Crippen MR) is 58.1 cm³/mol. The van der Waals surface area contributed by atoms with E-state index in [9.17, 15) is 0 Å². The largest absolute Gasteiger partial charge is 0.494 e. The number of hydrogen-bond donors (Lipinski definition) is 0. The fraction of sp³-hybridized carbons (Fsp3) is 0.400. The molecule has 1 aromatic carbocycles. The first-order valence-corrected chi connectivity index (χ1v) is 5.00. The van der Waals surface area contributed by atoms with Crippen LogP contribution in [0.2, 0.25) is 0 Å². The van der Waals surface area contributed by atoms with Crippen molar-refractivity contribution in [1.29, 1.82) is 0 Å². The first-order chi connectivity index (χ1) is 6.26. The summed E-state index contributed by atoms with van der Waals surface area (Å²) in [6.07, 6.45) is 0. The SMILES string of the molecule is CCOc1cc(P)cc(OCC)c1. The van der Waals surface area contributed by atoms with Gasteiger partial charge in [0, 0.05) is 6.07 Å². The first-order valence-electron chi connectivity index (χ1n) is 4.42. The van der Waals surface area contributed by atoms with Crippen molar-refractivity contribution in [2.75, 3.05) is 13.2 Å². The average Bonchev–Trinajstić information content (AvgIpc) is 2.04. The molecular formula is C10H15O2P. The minimum absolute atomic E-state index is 0.680. The second kappa shape index (κ2) is 5.08. The lowest BCUT2D eigenvalue weighted by atomic mass is 10.3. The second-order valence-electron chi connectivity index (χ2n) is 2.60. The Hall–Kier alpha value is -0.750. The van der Waals surface area contributed by atoms with Crippen molar-refractivity contribution in [2.45, 2.75) is 13.8 Å². The van der Waals surface area contributed by atoms with Gasteiger partial charge in [0.25, 0.3) is 0 Å². The molecule has 0 aromatic heterocycles. The van der Waals surface area contributed by atoms with Crippen molar-refractivity contribution in [3.63, 3.8) is 0 Å². The molecule has 1 aromatic rings. The summed E-state index contributed by atoms with van der Waals surface area (Å²) in [5.41, 5.74) is 0. The van der Waals surface area contributed by atoms with Crippen molar-refractivity contribution in [1.82, 2.24) is 0 Å². The molecule has 1 unspecified atom stereocenters. The molecule has 1 atom stereocenters. The van der Waals surface area contributed by atoms with Crippen LogP contribution in [0.4, 0.5) is 0 Å². The second-order valence-corrected chi connectivity index (χ2v) is 3.27. The van der Waals surface area contributed by atoms with Crippen LogP contribution in [0.1, 0.15) is 13.8 Å². The zero-order valence-corrected chi connectivity index (χ0v) is 9.19. The Balaban J connectivity index is 2.83.